The molecule has 0 N–H and O–H groups in total. The van der Waals surface area contributed by atoms with E-state index in [0.717, 1.165) is 35.1 Å². The molecule has 5 rings (SSSR count). The quantitative estimate of drug-likeness (QED) is 0.222. The molecule has 2 atom stereocenters. The van der Waals surface area contributed by atoms with Gasteiger partial charge in [-0.3, -0.25) is 14.4 Å². The maximum Gasteiger partial charge on any atom is 0.329 e. The molecule has 1 saturated carbocycles. The molecular formula is C37H41NO5. The smallest absolute Gasteiger partial charge is 0.329 e. The minimum atomic E-state index is -0.680. The zero-order valence-corrected chi connectivity index (χ0v) is 25.0. The van der Waals surface area contributed by atoms with Crippen LogP contribution in [0.15, 0.2) is 84.9 Å². The van der Waals surface area contributed by atoms with Gasteiger partial charge in [0.05, 0.1) is 0 Å². The number of rotatable bonds is 12. The number of carbonyl (C=O) groups excluding carboxylic acids is 4. The first kappa shape index (κ1) is 30.4. The molecule has 0 unspecified atom stereocenters. The van der Waals surface area contributed by atoms with Crippen molar-refractivity contribution in [3.63, 3.8) is 0 Å². The summed E-state index contributed by atoms with van der Waals surface area (Å²) >= 11 is 0. The second-order valence-corrected chi connectivity index (χ2v) is 12.2. The average Bonchev–Trinajstić information content (AvgIpc) is 3.71. The van der Waals surface area contributed by atoms with Crippen molar-refractivity contribution in [2.24, 2.45) is 11.3 Å². The molecule has 2 aliphatic rings. The summed E-state index contributed by atoms with van der Waals surface area (Å²) in [6, 6.07) is 27.1. The van der Waals surface area contributed by atoms with Crippen LogP contribution in [0.25, 0.3) is 11.1 Å². The molecule has 1 aliphatic carbocycles. The molecule has 1 aliphatic heterocycles. The van der Waals surface area contributed by atoms with Gasteiger partial charge in [0, 0.05) is 30.7 Å². The molecule has 3 aromatic rings. The third-order valence-electron chi connectivity index (χ3n) is 9.10. The topological polar surface area (TPSA) is 80.8 Å². The van der Waals surface area contributed by atoms with Gasteiger partial charge in [-0.25, -0.2) is 4.79 Å². The molecule has 6 heteroatoms. The Kier molecular flexibility index (Phi) is 9.86. The summed E-state index contributed by atoms with van der Waals surface area (Å²) in [4.78, 5) is 55.1. The van der Waals surface area contributed by atoms with Crippen molar-refractivity contribution in [3.05, 3.63) is 96.1 Å². The minimum Gasteiger partial charge on any atom is -0.459 e. The Labute approximate surface area is 254 Å². The Bertz CT molecular complexity index is 1410. The number of hydrogen-bond donors (Lipinski definition) is 0. The number of Topliss-reactive ketones (excluding diaryl/α,β-unsaturated/α-hetero) is 2. The second kappa shape index (κ2) is 13.9. The summed E-state index contributed by atoms with van der Waals surface area (Å²) in [6.07, 6.45) is 5.15. The van der Waals surface area contributed by atoms with Crippen molar-refractivity contribution in [1.82, 2.24) is 4.90 Å². The van der Waals surface area contributed by atoms with Gasteiger partial charge in [-0.2, -0.15) is 0 Å². The molecular weight excluding hydrogens is 538 g/mol. The summed E-state index contributed by atoms with van der Waals surface area (Å²) in [5, 5.41) is 0. The van der Waals surface area contributed by atoms with E-state index in [1.54, 1.807) is 11.8 Å². The Morgan fingerprint density at radius 2 is 1.44 bits per heavy atom. The molecule has 1 saturated heterocycles. The monoisotopic (exact) mass is 579 g/mol. The van der Waals surface area contributed by atoms with E-state index in [-0.39, 0.29) is 36.9 Å². The molecule has 3 aromatic carbocycles. The van der Waals surface area contributed by atoms with Crippen LogP contribution in [-0.4, -0.2) is 40.9 Å². The van der Waals surface area contributed by atoms with Crippen LogP contribution in [0.5, 0.6) is 0 Å². The number of ether oxygens (including phenoxy) is 1. The Morgan fingerprint density at radius 3 is 2.09 bits per heavy atom. The summed E-state index contributed by atoms with van der Waals surface area (Å²) in [5.41, 5.74) is 3.36. The number of amides is 1. The molecule has 1 amide bonds. The van der Waals surface area contributed by atoms with Crippen LogP contribution in [0.2, 0.25) is 0 Å². The number of nitrogens with zero attached hydrogens (tertiary/aromatic N) is 1. The zero-order valence-electron chi connectivity index (χ0n) is 25.0. The number of esters is 1. The lowest BCUT2D eigenvalue weighted by Crippen LogP contribution is -2.46. The van der Waals surface area contributed by atoms with Crippen molar-refractivity contribution in [3.8, 4) is 11.1 Å². The third kappa shape index (κ3) is 7.48. The summed E-state index contributed by atoms with van der Waals surface area (Å²) < 4.78 is 5.63. The van der Waals surface area contributed by atoms with Crippen LogP contribution in [-0.2, 0) is 36.9 Å². The molecule has 0 spiro atoms. The van der Waals surface area contributed by atoms with E-state index in [1.807, 2.05) is 72.8 Å². The van der Waals surface area contributed by atoms with E-state index in [9.17, 15) is 19.2 Å². The minimum absolute atomic E-state index is 0.00172. The average molecular weight is 580 g/mol. The van der Waals surface area contributed by atoms with Crippen LogP contribution >= 0.6 is 0 Å². The molecule has 2 fully saturated rings. The SMILES string of the molecule is CC(=O)CC1(C(=O)C[C@@H](Cc2ccc(-c3ccccc3)cc2)C(=O)N2CCC[C@H]2C(=O)OCc2ccccc2)CCCC1. The van der Waals surface area contributed by atoms with E-state index >= 15 is 0 Å². The number of likely N-dealkylation sites (tertiary alicyclic amines) is 1. The Hall–Kier alpha value is -4.06. The lowest BCUT2D eigenvalue weighted by Gasteiger charge is -2.31. The predicted octanol–water partition coefficient (Wildman–Crippen LogP) is 6.75. The van der Waals surface area contributed by atoms with E-state index in [4.69, 9.17) is 4.74 Å². The van der Waals surface area contributed by atoms with Crippen LogP contribution in [0, 0.1) is 11.3 Å². The second-order valence-electron chi connectivity index (χ2n) is 12.2. The fourth-order valence-corrected chi connectivity index (χ4v) is 6.85. The van der Waals surface area contributed by atoms with Crippen LogP contribution in [0.3, 0.4) is 0 Å². The highest BCUT2D eigenvalue weighted by atomic mass is 16.5. The van der Waals surface area contributed by atoms with Crippen molar-refractivity contribution in [1.29, 1.82) is 0 Å². The highest BCUT2D eigenvalue weighted by molar-refractivity contribution is 5.94. The van der Waals surface area contributed by atoms with Crippen LogP contribution < -0.4 is 0 Å². The van der Waals surface area contributed by atoms with Gasteiger partial charge in [-0.15, -0.1) is 0 Å². The van der Waals surface area contributed by atoms with Crippen LogP contribution in [0.4, 0.5) is 0 Å². The molecule has 43 heavy (non-hydrogen) atoms. The van der Waals surface area contributed by atoms with Gasteiger partial charge in [0.1, 0.15) is 24.2 Å². The maximum atomic E-state index is 14.2. The summed E-state index contributed by atoms with van der Waals surface area (Å²) in [6.45, 7) is 2.15. The van der Waals surface area contributed by atoms with Gasteiger partial charge in [0.15, 0.2) is 0 Å². The Morgan fingerprint density at radius 1 is 0.814 bits per heavy atom. The predicted molar refractivity (Wildman–Crippen MR) is 166 cm³/mol. The highest BCUT2D eigenvalue weighted by Crippen LogP contribution is 2.44. The first-order chi connectivity index (χ1) is 20.8. The molecule has 0 aromatic heterocycles. The molecule has 0 bridgehead atoms. The Balaban J connectivity index is 1.35. The van der Waals surface area contributed by atoms with Gasteiger partial charge in [0.25, 0.3) is 0 Å². The normalized spacial score (nSPS) is 18.3. The maximum absolute atomic E-state index is 14.2. The number of hydrogen-bond acceptors (Lipinski definition) is 5. The molecule has 1 heterocycles. The van der Waals surface area contributed by atoms with Crippen molar-refractivity contribution in [2.75, 3.05) is 6.54 Å². The van der Waals surface area contributed by atoms with Crippen molar-refractivity contribution >= 4 is 23.4 Å². The van der Waals surface area contributed by atoms with E-state index in [0.29, 0.717) is 38.6 Å². The van der Waals surface area contributed by atoms with Gasteiger partial charge < -0.3 is 9.64 Å². The third-order valence-corrected chi connectivity index (χ3v) is 9.10. The summed E-state index contributed by atoms with van der Waals surface area (Å²) in [7, 11) is 0. The van der Waals surface area contributed by atoms with Gasteiger partial charge >= 0.3 is 5.97 Å². The fourth-order valence-electron chi connectivity index (χ4n) is 6.85. The first-order valence-electron chi connectivity index (χ1n) is 15.5. The lowest BCUT2D eigenvalue weighted by atomic mass is 9.74. The van der Waals surface area contributed by atoms with E-state index < -0.39 is 23.3 Å². The van der Waals surface area contributed by atoms with Crippen molar-refractivity contribution < 1.29 is 23.9 Å². The molecule has 6 nitrogen and oxygen atoms in total. The number of ketones is 2. The standard InChI is InChI=1S/C37H41NO5/c1-27(39)25-37(20-8-9-21-37)34(40)24-32(23-28-16-18-31(19-17-28)30-13-6-3-7-14-30)35(41)38-22-10-15-33(38)36(42)43-26-29-11-4-2-5-12-29/h2-7,11-14,16-19,32-33H,8-10,15,20-26H2,1H3/t32-,33+/m1/s1. The lowest BCUT2D eigenvalue weighted by molar-refractivity contribution is -0.156. The van der Waals surface area contributed by atoms with Gasteiger partial charge in [-0.1, -0.05) is 97.8 Å². The number of carbonyl (C=O) groups is 4. The first-order valence-corrected chi connectivity index (χ1v) is 15.5. The van der Waals surface area contributed by atoms with Gasteiger partial charge in [0.2, 0.25) is 5.91 Å². The van der Waals surface area contributed by atoms with Crippen molar-refractivity contribution in [2.45, 2.75) is 77.4 Å². The van der Waals surface area contributed by atoms with E-state index in [2.05, 4.69) is 12.1 Å². The van der Waals surface area contributed by atoms with Gasteiger partial charge in [-0.05, 0) is 61.3 Å². The number of benzene rings is 3. The molecule has 224 valence electrons. The molecule has 0 radical (unpaired) electrons. The van der Waals surface area contributed by atoms with Crippen LogP contribution in [0.1, 0.15) is 69.4 Å². The summed E-state index contributed by atoms with van der Waals surface area (Å²) in [5.74, 6) is -1.20. The highest BCUT2D eigenvalue weighted by Gasteiger charge is 2.44. The largest absolute Gasteiger partial charge is 0.459 e. The zero-order chi connectivity index (χ0) is 30.2. The fraction of sp³-hybridized carbons (Fsp3) is 0.405. The van der Waals surface area contributed by atoms with E-state index in [1.165, 1.54) is 0 Å².